The van der Waals surface area contributed by atoms with Crippen LogP contribution in [0.3, 0.4) is 0 Å². The van der Waals surface area contributed by atoms with E-state index in [1.807, 2.05) is 27.7 Å². The van der Waals surface area contributed by atoms with Crippen LogP contribution in [0.25, 0.3) is 0 Å². The minimum absolute atomic E-state index is 0.00126. The number of esters is 2. The van der Waals surface area contributed by atoms with Gasteiger partial charge in [0.2, 0.25) is 0 Å². The molecule has 136 valence electrons. The highest BCUT2D eigenvalue weighted by Crippen LogP contribution is 2.14. The van der Waals surface area contributed by atoms with Crippen LogP contribution in [0.2, 0.25) is 0 Å². The Bertz CT molecular complexity index is 366. The van der Waals surface area contributed by atoms with Gasteiger partial charge in [0, 0.05) is 12.8 Å². The quantitative estimate of drug-likeness (QED) is 0.542. The third kappa shape index (κ3) is 10.3. The highest BCUT2D eigenvalue weighted by molar-refractivity contribution is 5.78. The van der Waals surface area contributed by atoms with Crippen LogP contribution in [0.4, 0.5) is 0 Å². The molecule has 6 heteroatoms. The summed E-state index contributed by atoms with van der Waals surface area (Å²) in [7, 11) is 0. The molecule has 0 N–H and O–H groups in total. The molecule has 0 heterocycles. The summed E-state index contributed by atoms with van der Waals surface area (Å²) in [5, 5.41) is 0. The number of hydrogen-bond acceptors (Lipinski definition) is 6. The maximum Gasteiger partial charge on any atom is 0.337 e. The van der Waals surface area contributed by atoms with Crippen molar-refractivity contribution < 1.29 is 28.5 Å². The number of carbonyl (C=O) groups excluding carboxylic acids is 2. The standard InChI is InChI=1S/C17H32O6/c1-8-13(3)23-14(4)11-21-16(19)17(6,7)22-10-12(2)9-20-15(5)18/h12-14H,8-11H2,1-7H3. The van der Waals surface area contributed by atoms with Gasteiger partial charge in [-0.25, -0.2) is 4.79 Å². The first-order valence-corrected chi connectivity index (χ1v) is 8.18. The molecule has 3 unspecified atom stereocenters. The van der Waals surface area contributed by atoms with Crippen LogP contribution in [0.1, 0.15) is 54.9 Å². The van der Waals surface area contributed by atoms with Crippen molar-refractivity contribution in [1.82, 2.24) is 0 Å². The van der Waals surface area contributed by atoms with Crippen LogP contribution in [-0.4, -0.2) is 49.6 Å². The van der Waals surface area contributed by atoms with Crippen molar-refractivity contribution in [1.29, 1.82) is 0 Å². The van der Waals surface area contributed by atoms with E-state index in [0.717, 1.165) is 6.42 Å². The molecule has 0 aliphatic heterocycles. The summed E-state index contributed by atoms with van der Waals surface area (Å²) in [5.41, 5.74) is -1.05. The van der Waals surface area contributed by atoms with Gasteiger partial charge in [-0.3, -0.25) is 4.79 Å². The van der Waals surface area contributed by atoms with E-state index in [1.54, 1.807) is 13.8 Å². The van der Waals surface area contributed by atoms with Crippen molar-refractivity contribution in [2.75, 3.05) is 19.8 Å². The van der Waals surface area contributed by atoms with Crippen molar-refractivity contribution in [3.8, 4) is 0 Å². The van der Waals surface area contributed by atoms with Crippen LogP contribution < -0.4 is 0 Å². The monoisotopic (exact) mass is 332 g/mol. The van der Waals surface area contributed by atoms with Gasteiger partial charge in [-0.1, -0.05) is 13.8 Å². The molecule has 0 aromatic heterocycles. The highest BCUT2D eigenvalue weighted by Gasteiger charge is 2.31. The van der Waals surface area contributed by atoms with Gasteiger partial charge < -0.3 is 18.9 Å². The molecular weight excluding hydrogens is 300 g/mol. The fraction of sp³-hybridized carbons (Fsp3) is 0.882. The number of ether oxygens (including phenoxy) is 4. The molecule has 0 bridgehead atoms. The Labute approximate surface area is 139 Å². The summed E-state index contributed by atoms with van der Waals surface area (Å²) in [4.78, 5) is 22.9. The average Bonchev–Trinajstić information content (AvgIpc) is 2.48. The summed E-state index contributed by atoms with van der Waals surface area (Å²) in [6, 6.07) is 0. The lowest BCUT2D eigenvalue weighted by Crippen LogP contribution is -2.39. The number of rotatable bonds is 11. The zero-order valence-corrected chi connectivity index (χ0v) is 15.5. The van der Waals surface area contributed by atoms with E-state index < -0.39 is 11.6 Å². The minimum atomic E-state index is -1.05. The zero-order valence-electron chi connectivity index (χ0n) is 15.5. The molecule has 0 fully saturated rings. The second kappa shape index (κ2) is 10.6. The fourth-order valence-electron chi connectivity index (χ4n) is 1.62. The van der Waals surface area contributed by atoms with E-state index >= 15 is 0 Å². The predicted octanol–water partition coefficient (Wildman–Crippen LogP) is 2.73. The topological polar surface area (TPSA) is 71.1 Å². The Morgan fingerprint density at radius 1 is 0.957 bits per heavy atom. The summed E-state index contributed by atoms with van der Waals surface area (Å²) in [6.45, 7) is 13.2. The van der Waals surface area contributed by atoms with Gasteiger partial charge >= 0.3 is 11.9 Å². The summed E-state index contributed by atoms with van der Waals surface area (Å²) >= 11 is 0. The summed E-state index contributed by atoms with van der Waals surface area (Å²) in [5.74, 6) is -0.763. The first kappa shape index (κ1) is 21.9. The second-order valence-electron chi connectivity index (χ2n) is 6.49. The molecule has 0 aromatic rings. The first-order valence-electron chi connectivity index (χ1n) is 8.18. The van der Waals surface area contributed by atoms with Crippen LogP contribution in [0, 0.1) is 5.92 Å². The van der Waals surface area contributed by atoms with Gasteiger partial charge in [0.1, 0.15) is 6.61 Å². The highest BCUT2D eigenvalue weighted by atomic mass is 16.6. The van der Waals surface area contributed by atoms with Gasteiger partial charge in [-0.15, -0.1) is 0 Å². The Hall–Kier alpha value is -1.14. The normalized spacial score (nSPS) is 15.6. The lowest BCUT2D eigenvalue weighted by molar-refractivity contribution is -0.175. The molecule has 0 amide bonds. The Morgan fingerprint density at radius 2 is 1.57 bits per heavy atom. The van der Waals surface area contributed by atoms with Gasteiger partial charge in [0.25, 0.3) is 0 Å². The lowest BCUT2D eigenvalue weighted by Gasteiger charge is -2.26. The molecule has 0 radical (unpaired) electrons. The molecule has 0 aliphatic rings. The minimum Gasteiger partial charge on any atom is -0.466 e. The smallest absolute Gasteiger partial charge is 0.337 e. The fourth-order valence-corrected chi connectivity index (χ4v) is 1.62. The zero-order chi connectivity index (χ0) is 18.0. The van der Waals surface area contributed by atoms with Crippen LogP contribution in [0.15, 0.2) is 0 Å². The van der Waals surface area contributed by atoms with Gasteiger partial charge in [0.15, 0.2) is 5.60 Å². The maximum absolute atomic E-state index is 12.1. The lowest BCUT2D eigenvalue weighted by atomic mass is 10.1. The predicted molar refractivity (Wildman–Crippen MR) is 87.1 cm³/mol. The van der Waals surface area contributed by atoms with Crippen molar-refractivity contribution >= 4 is 11.9 Å². The molecular formula is C17H32O6. The molecule has 3 atom stereocenters. The third-order valence-corrected chi connectivity index (χ3v) is 3.28. The van der Waals surface area contributed by atoms with E-state index in [4.69, 9.17) is 18.9 Å². The Kier molecular flexibility index (Phi) is 10.1. The third-order valence-electron chi connectivity index (χ3n) is 3.28. The van der Waals surface area contributed by atoms with Crippen LogP contribution in [-0.2, 0) is 28.5 Å². The number of carbonyl (C=O) groups is 2. The van der Waals surface area contributed by atoms with Crippen molar-refractivity contribution in [2.24, 2.45) is 5.92 Å². The van der Waals surface area contributed by atoms with Gasteiger partial charge in [0.05, 0.1) is 25.4 Å². The average molecular weight is 332 g/mol. The number of hydrogen-bond donors (Lipinski definition) is 0. The van der Waals surface area contributed by atoms with E-state index in [9.17, 15) is 9.59 Å². The van der Waals surface area contributed by atoms with Gasteiger partial charge in [-0.2, -0.15) is 0 Å². The Morgan fingerprint density at radius 3 is 2.09 bits per heavy atom. The van der Waals surface area contributed by atoms with Crippen LogP contribution in [0.5, 0.6) is 0 Å². The largest absolute Gasteiger partial charge is 0.466 e. The molecule has 0 spiro atoms. The molecule has 0 aromatic carbocycles. The van der Waals surface area contributed by atoms with Crippen molar-refractivity contribution in [3.05, 3.63) is 0 Å². The SMILES string of the molecule is CCC(C)OC(C)COC(=O)C(C)(C)OCC(C)COC(C)=O. The Balaban J connectivity index is 4.15. The van der Waals surface area contributed by atoms with Crippen molar-refractivity contribution in [2.45, 2.75) is 72.7 Å². The maximum atomic E-state index is 12.1. The van der Waals surface area contributed by atoms with E-state index in [-0.39, 0.29) is 37.3 Å². The molecule has 0 aliphatic carbocycles. The van der Waals surface area contributed by atoms with E-state index in [2.05, 4.69) is 0 Å². The summed E-state index contributed by atoms with van der Waals surface area (Å²) < 4.78 is 21.4. The van der Waals surface area contributed by atoms with E-state index in [1.165, 1.54) is 6.92 Å². The molecule has 0 saturated heterocycles. The second-order valence-corrected chi connectivity index (χ2v) is 6.49. The molecule has 0 saturated carbocycles. The van der Waals surface area contributed by atoms with Crippen molar-refractivity contribution in [3.63, 3.8) is 0 Å². The molecule has 23 heavy (non-hydrogen) atoms. The molecule has 0 rings (SSSR count). The van der Waals surface area contributed by atoms with E-state index in [0.29, 0.717) is 6.61 Å². The van der Waals surface area contributed by atoms with Gasteiger partial charge in [-0.05, 0) is 34.1 Å². The van der Waals surface area contributed by atoms with Crippen LogP contribution >= 0.6 is 0 Å². The summed E-state index contributed by atoms with van der Waals surface area (Å²) in [6.07, 6.45) is 0.885. The first-order chi connectivity index (χ1) is 10.6. The molecule has 6 nitrogen and oxygen atoms in total.